The topological polar surface area (TPSA) is 49.3 Å². The molecule has 0 saturated heterocycles. The Kier molecular flexibility index (Phi) is 4.59. The number of nitrogens with one attached hydrogen (secondary N) is 1. The highest BCUT2D eigenvalue weighted by Crippen LogP contribution is 2.30. The normalized spacial score (nSPS) is 28.8. The van der Waals surface area contributed by atoms with Crippen LogP contribution in [0.3, 0.4) is 0 Å². The van der Waals surface area contributed by atoms with Gasteiger partial charge in [0, 0.05) is 6.04 Å². The van der Waals surface area contributed by atoms with Gasteiger partial charge in [-0.05, 0) is 30.2 Å². The summed E-state index contributed by atoms with van der Waals surface area (Å²) in [5.74, 6) is 0.428. The average Bonchev–Trinajstić information content (AvgIpc) is 2.40. The number of hydrogen-bond donors (Lipinski definition) is 2. The number of carbonyl (C=O) groups is 1. The Morgan fingerprint density at radius 1 is 1.26 bits per heavy atom. The molecule has 0 aromatic heterocycles. The molecule has 1 fully saturated rings. The monoisotopic (exact) mass is 261 g/mol. The fourth-order valence-electron chi connectivity index (χ4n) is 2.93. The summed E-state index contributed by atoms with van der Waals surface area (Å²) in [6.07, 6.45) is 3.50. The third-order valence-corrected chi connectivity index (χ3v) is 4.22. The Bertz CT molecular complexity index is 418. The van der Waals surface area contributed by atoms with Crippen molar-refractivity contribution < 1.29 is 9.90 Å². The van der Waals surface area contributed by atoms with Crippen LogP contribution in [-0.4, -0.2) is 17.1 Å². The zero-order valence-electron chi connectivity index (χ0n) is 11.7. The van der Waals surface area contributed by atoms with Crippen molar-refractivity contribution in [3.8, 4) is 0 Å². The number of rotatable bonds is 4. The van der Waals surface area contributed by atoms with E-state index in [1.807, 2.05) is 30.3 Å². The molecule has 1 aliphatic carbocycles. The van der Waals surface area contributed by atoms with E-state index in [0.717, 1.165) is 12.0 Å². The molecular weight excluding hydrogens is 238 g/mol. The van der Waals surface area contributed by atoms with Gasteiger partial charge in [-0.3, -0.25) is 10.1 Å². The maximum atomic E-state index is 11.5. The number of carboxylic acid groups (broad SMARTS) is 1. The van der Waals surface area contributed by atoms with Gasteiger partial charge in [0.25, 0.3) is 0 Å². The number of aliphatic carboxylic acids is 1. The maximum absolute atomic E-state index is 11.5. The largest absolute Gasteiger partial charge is 0.480 e. The molecule has 0 spiro atoms. The first kappa shape index (κ1) is 14.1. The molecule has 2 N–H and O–H groups in total. The molecule has 4 atom stereocenters. The van der Waals surface area contributed by atoms with Crippen molar-refractivity contribution in [3.05, 3.63) is 35.9 Å². The second-order valence-electron chi connectivity index (χ2n) is 5.85. The molecular formula is C16H23NO2. The van der Waals surface area contributed by atoms with E-state index in [2.05, 4.69) is 19.2 Å². The van der Waals surface area contributed by atoms with Crippen LogP contribution in [0.4, 0.5) is 0 Å². The average molecular weight is 261 g/mol. The van der Waals surface area contributed by atoms with Crippen LogP contribution in [0.15, 0.2) is 30.3 Å². The molecule has 2 rings (SSSR count). The lowest BCUT2D eigenvalue weighted by Gasteiger charge is -2.35. The summed E-state index contributed by atoms with van der Waals surface area (Å²) in [6, 6.07) is 9.14. The Labute approximate surface area is 115 Å². The maximum Gasteiger partial charge on any atom is 0.325 e. The lowest BCUT2D eigenvalue weighted by atomic mass is 9.79. The van der Waals surface area contributed by atoms with Gasteiger partial charge in [0.05, 0.1) is 0 Å². The van der Waals surface area contributed by atoms with E-state index in [-0.39, 0.29) is 0 Å². The van der Waals surface area contributed by atoms with E-state index < -0.39 is 12.0 Å². The summed E-state index contributed by atoms with van der Waals surface area (Å²) in [5, 5.41) is 12.8. The van der Waals surface area contributed by atoms with Crippen LogP contribution < -0.4 is 5.32 Å². The molecule has 0 aliphatic heterocycles. The van der Waals surface area contributed by atoms with Gasteiger partial charge in [-0.15, -0.1) is 0 Å². The summed E-state index contributed by atoms with van der Waals surface area (Å²) in [7, 11) is 0. The van der Waals surface area contributed by atoms with Crippen molar-refractivity contribution in [2.45, 2.75) is 45.2 Å². The molecule has 3 nitrogen and oxygen atoms in total. The summed E-state index contributed by atoms with van der Waals surface area (Å²) >= 11 is 0. The standard InChI is InChI=1S/C16H23NO2/c1-11-8-9-12(2)14(10-11)17-15(16(18)19)13-6-4-3-5-7-13/h3-7,11-12,14-15,17H,8-10H2,1-2H3,(H,18,19). The molecule has 0 heterocycles. The van der Waals surface area contributed by atoms with Crippen molar-refractivity contribution in [1.82, 2.24) is 5.32 Å². The van der Waals surface area contributed by atoms with E-state index in [4.69, 9.17) is 0 Å². The molecule has 1 aromatic rings. The van der Waals surface area contributed by atoms with Crippen molar-refractivity contribution in [1.29, 1.82) is 0 Å². The second-order valence-corrected chi connectivity index (χ2v) is 5.85. The van der Waals surface area contributed by atoms with Gasteiger partial charge >= 0.3 is 5.97 Å². The fraction of sp³-hybridized carbons (Fsp3) is 0.562. The van der Waals surface area contributed by atoms with E-state index in [1.165, 1.54) is 12.8 Å². The predicted molar refractivity (Wildman–Crippen MR) is 75.9 cm³/mol. The molecule has 4 unspecified atom stereocenters. The first-order valence-electron chi connectivity index (χ1n) is 7.11. The highest BCUT2D eigenvalue weighted by Gasteiger charge is 2.30. The third kappa shape index (κ3) is 3.57. The molecule has 0 bridgehead atoms. The van der Waals surface area contributed by atoms with Gasteiger partial charge in [0.2, 0.25) is 0 Å². The summed E-state index contributed by atoms with van der Waals surface area (Å²) in [4.78, 5) is 11.5. The van der Waals surface area contributed by atoms with Gasteiger partial charge in [0.15, 0.2) is 0 Å². The van der Waals surface area contributed by atoms with E-state index in [9.17, 15) is 9.90 Å². The summed E-state index contributed by atoms with van der Waals surface area (Å²) in [5.41, 5.74) is 0.834. The molecule has 3 heteroatoms. The number of benzene rings is 1. The van der Waals surface area contributed by atoms with Crippen LogP contribution in [0, 0.1) is 11.8 Å². The zero-order valence-corrected chi connectivity index (χ0v) is 11.7. The first-order chi connectivity index (χ1) is 9.08. The van der Waals surface area contributed by atoms with Crippen LogP contribution in [0.1, 0.15) is 44.7 Å². The van der Waals surface area contributed by atoms with Gasteiger partial charge in [-0.25, -0.2) is 0 Å². The molecule has 0 radical (unpaired) electrons. The Morgan fingerprint density at radius 3 is 2.58 bits per heavy atom. The highest BCUT2D eigenvalue weighted by molar-refractivity contribution is 5.75. The summed E-state index contributed by atoms with van der Waals surface area (Å²) < 4.78 is 0. The lowest BCUT2D eigenvalue weighted by Crippen LogP contribution is -2.43. The second kappa shape index (κ2) is 6.20. The lowest BCUT2D eigenvalue weighted by molar-refractivity contribution is -0.140. The van der Waals surface area contributed by atoms with Crippen LogP contribution in [-0.2, 0) is 4.79 Å². The number of hydrogen-bond acceptors (Lipinski definition) is 2. The first-order valence-corrected chi connectivity index (χ1v) is 7.11. The van der Waals surface area contributed by atoms with Gasteiger partial charge in [-0.1, -0.05) is 50.6 Å². The van der Waals surface area contributed by atoms with Crippen molar-refractivity contribution >= 4 is 5.97 Å². The quantitative estimate of drug-likeness (QED) is 0.875. The Hall–Kier alpha value is -1.35. The molecule has 19 heavy (non-hydrogen) atoms. The highest BCUT2D eigenvalue weighted by atomic mass is 16.4. The summed E-state index contributed by atoms with van der Waals surface area (Å²) in [6.45, 7) is 4.46. The predicted octanol–water partition coefficient (Wildman–Crippen LogP) is 3.23. The van der Waals surface area contributed by atoms with Crippen LogP contribution in [0.25, 0.3) is 0 Å². The molecule has 1 saturated carbocycles. The van der Waals surface area contributed by atoms with Gasteiger partial charge in [-0.2, -0.15) is 0 Å². The Morgan fingerprint density at radius 2 is 1.95 bits per heavy atom. The minimum absolute atomic E-state index is 0.296. The smallest absolute Gasteiger partial charge is 0.325 e. The fourth-order valence-corrected chi connectivity index (χ4v) is 2.93. The van der Waals surface area contributed by atoms with Crippen LogP contribution in [0.2, 0.25) is 0 Å². The Balaban J connectivity index is 2.11. The van der Waals surface area contributed by atoms with Gasteiger partial charge < -0.3 is 5.11 Å². The van der Waals surface area contributed by atoms with E-state index in [0.29, 0.717) is 17.9 Å². The van der Waals surface area contributed by atoms with Crippen molar-refractivity contribution in [3.63, 3.8) is 0 Å². The van der Waals surface area contributed by atoms with Crippen LogP contribution in [0.5, 0.6) is 0 Å². The van der Waals surface area contributed by atoms with E-state index in [1.54, 1.807) is 0 Å². The number of carboxylic acids is 1. The molecule has 0 amide bonds. The minimum atomic E-state index is -0.795. The van der Waals surface area contributed by atoms with E-state index >= 15 is 0 Å². The van der Waals surface area contributed by atoms with Gasteiger partial charge in [0.1, 0.15) is 6.04 Å². The third-order valence-electron chi connectivity index (χ3n) is 4.22. The van der Waals surface area contributed by atoms with Crippen molar-refractivity contribution in [2.24, 2.45) is 11.8 Å². The van der Waals surface area contributed by atoms with Crippen LogP contribution >= 0.6 is 0 Å². The minimum Gasteiger partial charge on any atom is -0.480 e. The molecule has 1 aliphatic rings. The SMILES string of the molecule is CC1CCC(C)C(NC(C(=O)O)c2ccccc2)C1. The zero-order chi connectivity index (χ0) is 13.8. The molecule has 104 valence electrons. The molecule has 1 aromatic carbocycles. The van der Waals surface area contributed by atoms with Crippen molar-refractivity contribution in [2.75, 3.05) is 0 Å².